The third-order valence-electron chi connectivity index (χ3n) is 6.19. The highest BCUT2D eigenvalue weighted by molar-refractivity contribution is 9.11. The van der Waals surface area contributed by atoms with Gasteiger partial charge < -0.3 is 9.84 Å². The Morgan fingerprint density at radius 1 is 0.756 bits per heavy atom. The van der Waals surface area contributed by atoms with Crippen LogP contribution in [0.25, 0.3) is 6.08 Å². The Labute approximate surface area is 251 Å². The molecule has 1 N–H and O–H groups in total. The summed E-state index contributed by atoms with van der Waals surface area (Å²) in [6.45, 7) is 0.175. The number of aromatic carboxylic acids is 1. The van der Waals surface area contributed by atoms with Crippen LogP contribution in [-0.2, 0) is 16.2 Å². The molecule has 1 saturated heterocycles. The van der Waals surface area contributed by atoms with Crippen LogP contribution in [0.5, 0.6) is 5.75 Å². The lowest BCUT2D eigenvalue weighted by Crippen LogP contribution is -2.57. The minimum Gasteiger partial charge on any atom is -0.487 e. The molecule has 10 heteroatoms. The Kier molecular flexibility index (Phi) is 8.14. The number of imide groups is 2. The van der Waals surface area contributed by atoms with Crippen LogP contribution in [0.15, 0.2) is 112 Å². The van der Waals surface area contributed by atoms with Crippen molar-refractivity contribution in [1.29, 1.82) is 0 Å². The molecule has 0 bridgehead atoms. The van der Waals surface area contributed by atoms with Crippen molar-refractivity contribution in [3.05, 3.63) is 128 Å². The molecule has 0 atom stereocenters. The van der Waals surface area contributed by atoms with Gasteiger partial charge in [0.05, 0.1) is 25.9 Å². The third kappa shape index (κ3) is 5.84. The molecule has 1 heterocycles. The van der Waals surface area contributed by atoms with Crippen molar-refractivity contribution in [3.63, 3.8) is 0 Å². The molecule has 4 aromatic rings. The van der Waals surface area contributed by atoms with Crippen molar-refractivity contribution >= 4 is 73.1 Å². The van der Waals surface area contributed by atoms with E-state index in [1.807, 2.05) is 0 Å². The number of hydrogen-bond acceptors (Lipinski definition) is 5. The van der Waals surface area contributed by atoms with E-state index in [-0.39, 0.29) is 17.7 Å². The van der Waals surface area contributed by atoms with Gasteiger partial charge in [0.2, 0.25) is 0 Å². The Morgan fingerprint density at radius 2 is 1.24 bits per heavy atom. The first kappa shape index (κ1) is 28.0. The van der Waals surface area contributed by atoms with Crippen molar-refractivity contribution in [2.24, 2.45) is 0 Å². The quantitative estimate of drug-likeness (QED) is 0.166. The van der Waals surface area contributed by atoms with E-state index in [1.165, 1.54) is 18.2 Å². The summed E-state index contributed by atoms with van der Waals surface area (Å²) in [5, 5.41) is 9.08. The van der Waals surface area contributed by atoms with Crippen molar-refractivity contribution < 1.29 is 29.0 Å². The second-order valence-electron chi connectivity index (χ2n) is 8.90. The second-order valence-corrected chi connectivity index (χ2v) is 10.6. The van der Waals surface area contributed by atoms with E-state index in [1.54, 1.807) is 84.9 Å². The fourth-order valence-electron chi connectivity index (χ4n) is 4.21. The molecule has 0 aliphatic carbocycles. The maximum Gasteiger partial charge on any atom is 0.343 e. The second kappa shape index (κ2) is 11.9. The van der Waals surface area contributed by atoms with Crippen LogP contribution in [0.1, 0.15) is 21.5 Å². The summed E-state index contributed by atoms with van der Waals surface area (Å²) in [7, 11) is 0. The molecule has 1 aliphatic rings. The molecule has 1 fully saturated rings. The monoisotopic (exact) mass is 674 g/mol. The number of carbonyl (C=O) groups is 4. The Balaban J connectivity index is 1.48. The number of rotatable bonds is 7. The molecule has 0 saturated carbocycles. The van der Waals surface area contributed by atoms with Crippen LogP contribution in [0.2, 0.25) is 0 Å². The fourth-order valence-corrected chi connectivity index (χ4v) is 5.66. The number of amides is 4. The van der Waals surface area contributed by atoms with Crippen LogP contribution in [-0.4, -0.2) is 28.9 Å². The first-order valence-corrected chi connectivity index (χ1v) is 13.8. The zero-order chi connectivity index (χ0) is 29.1. The molecule has 4 aromatic carbocycles. The van der Waals surface area contributed by atoms with Gasteiger partial charge >= 0.3 is 12.0 Å². The molecular formula is C31H20Br2N2O6. The van der Waals surface area contributed by atoms with Crippen molar-refractivity contribution in [1.82, 2.24) is 0 Å². The van der Waals surface area contributed by atoms with Crippen LogP contribution in [0, 0.1) is 0 Å². The molecule has 0 aromatic heterocycles. The predicted molar refractivity (Wildman–Crippen MR) is 161 cm³/mol. The number of urea groups is 1. The molecule has 0 spiro atoms. The summed E-state index contributed by atoms with van der Waals surface area (Å²) in [6, 6.07) is 25.8. The number of carboxylic acid groups (broad SMARTS) is 1. The lowest BCUT2D eigenvalue weighted by molar-refractivity contribution is -0.121. The standard InChI is InChI=1S/C31H20Br2N2O6/c32-25-16-20(17-26(33)27(25)41-18-19-11-13-21(14-12-19)30(38)39)15-24-28(36)34(22-7-3-1-4-8-22)31(40)35(29(24)37)23-9-5-2-6-10-23/h1-17H,18H2,(H,38,39). The molecule has 41 heavy (non-hydrogen) atoms. The van der Waals surface area contributed by atoms with E-state index in [2.05, 4.69) is 31.9 Å². The summed E-state index contributed by atoms with van der Waals surface area (Å²) >= 11 is 6.99. The van der Waals surface area contributed by atoms with E-state index in [0.717, 1.165) is 15.4 Å². The van der Waals surface area contributed by atoms with Crippen molar-refractivity contribution in [2.75, 3.05) is 9.80 Å². The highest BCUT2D eigenvalue weighted by Gasteiger charge is 2.43. The number of carboxylic acids is 1. The predicted octanol–water partition coefficient (Wildman–Crippen LogP) is 7.07. The lowest BCUT2D eigenvalue weighted by Gasteiger charge is -2.34. The van der Waals surface area contributed by atoms with E-state index in [9.17, 15) is 19.2 Å². The first-order chi connectivity index (χ1) is 19.7. The summed E-state index contributed by atoms with van der Waals surface area (Å²) in [5.74, 6) is -2.01. The van der Waals surface area contributed by atoms with Gasteiger partial charge in [0, 0.05) is 0 Å². The number of para-hydroxylation sites is 2. The summed E-state index contributed by atoms with van der Waals surface area (Å²) in [6.07, 6.45) is 1.44. The lowest BCUT2D eigenvalue weighted by atomic mass is 10.0. The SMILES string of the molecule is O=C(O)c1ccc(COc2c(Br)cc(C=C3C(=O)N(c4ccccc4)C(=O)N(c4ccccc4)C3=O)cc2Br)cc1. The minimum atomic E-state index is -1.01. The van der Waals surface area contributed by atoms with Crippen molar-refractivity contribution in [3.8, 4) is 5.75 Å². The van der Waals surface area contributed by atoms with Crippen LogP contribution < -0.4 is 14.5 Å². The van der Waals surface area contributed by atoms with Gasteiger partial charge in [0.25, 0.3) is 11.8 Å². The van der Waals surface area contributed by atoms with E-state index in [0.29, 0.717) is 31.6 Å². The molecular weight excluding hydrogens is 656 g/mol. The number of halogens is 2. The number of carbonyl (C=O) groups excluding carboxylic acids is 3. The van der Waals surface area contributed by atoms with Gasteiger partial charge in [-0.1, -0.05) is 48.5 Å². The molecule has 1 aliphatic heterocycles. The van der Waals surface area contributed by atoms with Gasteiger partial charge in [0.15, 0.2) is 0 Å². The smallest absolute Gasteiger partial charge is 0.343 e. The maximum atomic E-state index is 13.6. The normalized spacial score (nSPS) is 13.4. The third-order valence-corrected chi connectivity index (χ3v) is 7.37. The van der Waals surface area contributed by atoms with Gasteiger partial charge in [-0.2, -0.15) is 0 Å². The van der Waals surface area contributed by atoms with E-state index in [4.69, 9.17) is 9.84 Å². The number of nitrogens with zero attached hydrogens (tertiary/aromatic N) is 2. The van der Waals surface area contributed by atoms with Crippen LogP contribution in [0.3, 0.4) is 0 Å². The molecule has 0 radical (unpaired) electrons. The minimum absolute atomic E-state index is 0.175. The van der Waals surface area contributed by atoms with Gasteiger partial charge in [-0.05, 0) is 97.6 Å². The zero-order valence-electron chi connectivity index (χ0n) is 21.2. The van der Waals surface area contributed by atoms with Crippen molar-refractivity contribution in [2.45, 2.75) is 6.61 Å². The van der Waals surface area contributed by atoms with Crippen LogP contribution in [0.4, 0.5) is 16.2 Å². The van der Waals surface area contributed by atoms with Gasteiger partial charge in [-0.25, -0.2) is 19.4 Å². The van der Waals surface area contributed by atoms with Gasteiger partial charge in [0.1, 0.15) is 17.9 Å². The molecule has 204 valence electrons. The fraction of sp³-hybridized carbons (Fsp3) is 0.0323. The number of benzene rings is 4. The van der Waals surface area contributed by atoms with Gasteiger partial charge in [-0.15, -0.1) is 0 Å². The number of ether oxygens (including phenoxy) is 1. The highest BCUT2D eigenvalue weighted by Crippen LogP contribution is 2.37. The van der Waals surface area contributed by atoms with Crippen LogP contribution >= 0.6 is 31.9 Å². The largest absolute Gasteiger partial charge is 0.487 e. The Morgan fingerprint density at radius 3 is 1.71 bits per heavy atom. The Hall–Kier alpha value is -4.54. The van der Waals surface area contributed by atoms with E-state index >= 15 is 0 Å². The van der Waals surface area contributed by atoms with E-state index < -0.39 is 23.8 Å². The summed E-state index contributed by atoms with van der Waals surface area (Å²) < 4.78 is 7.05. The summed E-state index contributed by atoms with van der Waals surface area (Å²) in [4.78, 5) is 53.7. The summed E-state index contributed by atoms with van der Waals surface area (Å²) in [5.41, 5.74) is 1.94. The molecule has 5 rings (SSSR count). The highest BCUT2D eigenvalue weighted by atomic mass is 79.9. The Bertz CT molecular complexity index is 1600. The average Bonchev–Trinajstić information content (AvgIpc) is 2.96. The number of anilines is 2. The average molecular weight is 676 g/mol. The molecule has 0 unspecified atom stereocenters. The molecule has 4 amide bonds. The topological polar surface area (TPSA) is 104 Å². The first-order valence-electron chi connectivity index (χ1n) is 12.2. The number of barbiturate groups is 1. The zero-order valence-corrected chi connectivity index (χ0v) is 24.3. The number of hydrogen-bond donors (Lipinski definition) is 1. The molecule has 8 nitrogen and oxygen atoms in total. The maximum absolute atomic E-state index is 13.6. The van der Waals surface area contributed by atoms with Gasteiger partial charge in [-0.3, -0.25) is 9.59 Å².